The van der Waals surface area contributed by atoms with Crippen molar-refractivity contribution in [2.75, 3.05) is 5.32 Å². The number of nitrogens with one attached hydrogen (secondary N) is 1. The molecule has 122 valence electrons. The number of benzene rings is 1. The Balaban J connectivity index is 1.76. The monoisotopic (exact) mass is 313 g/mol. The van der Waals surface area contributed by atoms with E-state index in [1.165, 1.54) is 6.92 Å². The number of Topliss-reactive ketones (excluding diaryl/α,β-unsaturated/α-hetero) is 1. The van der Waals surface area contributed by atoms with Crippen LogP contribution < -0.4 is 10.1 Å². The van der Waals surface area contributed by atoms with Crippen molar-refractivity contribution >= 4 is 17.4 Å². The van der Waals surface area contributed by atoms with Gasteiger partial charge in [-0.2, -0.15) is 0 Å². The van der Waals surface area contributed by atoms with Crippen molar-refractivity contribution in [3.05, 3.63) is 36.0 Å². The molecule has 4 nitrogen and oxygen atoms in total. The zero-order chi connectivity index (χ0) is 16.8. The molecule has 0 radical (unpaired) electrons. The first-order valence-corrected chi connectivity index (χ1v) is 8.05. The van der Waals surface area contributed by atoms with Gasteiger partial charge in [0.2, 0.25) is 0 Å². The van der Waals surface area contributed by atoms with Gasteiger partial charge < -0.3 is 10.1 Å². The predicted molar refractivity (Wildman–Crippen MR) is 89.1 cm³/mol. The number of anilines is 1. The molecule has 1 N–H and O–H groups in total. The lowest BCUT2D eigenvalue weighted by Gasteiger charge is -2.31. The van der Waals surface area contributed by atoms with Crippen LogP contribution in [0.25, 0.3) is 0 Å². The SMILES string of the molecule is CC(=O)Oc1ccc(N/C=C2\C(=O)[C@]3(C)CC[C@@H]2C3(C)C)cc1. The molecule has 2 bridgehead atoms. The quantitative estimate of drug-likeness (QED) is 0.522. The maximum absolute atomic E-state index is 12.7. The third-order valence-electron chi connectivity index (χ3n) is 5.88. The largest absolute Gasteiger partial charge is 0.427 e. The van der Waals surface area contributed by atoms with Gasteiger partial charge >= 0.3 is 5.97 Å². The number of ether oxygens (including phenoxy) is 1. The van der Waals surface area contributed by atoms with Gasteiger partial charge in [-0.1, -0.05) is 20.8 Å². The number of carbonyl (C=O) groups is 2. The molecule has 1 aromatic rings. The second-order valence-electron chi connectivity index (χ2n) is 7.34. The van der Waals surface area contributed by atoms with Gasteiger partial charge in [0.25, 0.3) is 0 Å². The summed E-state index contributed by atoms with van der Waals surface area (Å²) in [6, 6.07) is 7.13. The normalized spacial score (nSPS) is 29.8. The summed E-state index contributed by atoms with van der Waals surface area (Å²) in [5.41, 5.74) is 1.57. The van der Waals surface area contributed by atoms with Crippen LogP contribution in [0.2, 0.25) is 0 Å². The summed E-state index contributed by atoms with van der Waals surface area (Å²) < 4.78 is 5.01. The van der Waals surface area contributed by atoms with Crippen LogP contribution in [0.3, 0.4) is 0 Å². The number of allylic oxidation sites excluding steroid dienone is 1. The molecule has 2 aliphatic rings. The average molecular weight is 313 g/mol. The molecule has 2 atom stereocenters. The van der Waals surface area contributed by atoms with Crippen LogP contribution >= 0.6 is 0 Å². The Morgan fingerprint density at radius 1 is 1.26 bits per heavy atom. The fourth-order valence-electron chi connectivity index (χ4n) is 4.04. The van der Waals surface area contributed by atoms with E-state index in [-0.39, 0.29) is 22.6 Å². The van der Waals surface area contributed by atoms with Gasteiger partial charge in [0.1, 0.15) is 5.75 Å². The van der Waals surface area contributed by atoms with Crippen LogP contribution in [-0.4, -0.2) is 11.8 Å². The van der Waals surface area contributed by atoms with Crippen LogP contribution in [0.4, 0.5) is 5.69 Å². The maximum Gasteiger partial charge on any atom is 0.308 e. The molecule has 0 aromatic heterocycles. The lowest BCUT2D eigenvalue weighted by molar-refractivity contribution is -0.132. The van der Waals surface area contributed by atoms with Crippen molar-refractivity contribution in [3.63, 3.8) is 0 Å². The number of esters is 1. The molecule has 0 aliphatic heterocycles. The first kappa shape index (κ1) is 15.8. The second kappa shape index (κ2) is 5.22. The molecular formula is C19H23NO3. The summed E-state index contributed by atoms with van der Waals surface area (Å²) in [6.07, 6.45) is 3.92. The summed E-state index contributed by atoms with van der Waals surface area (Å²) in [7, 11) is 0. The Hall–Kier alpha value is -2.10. The number of hydrogen-bond acceptors (Lipinski definition) is 4. The second-order valence-corrected chi connectivity index (χ2v) is 7.34. The Morgan fingerprint density at radius 3 is 2.43 bits per heavy atom. The zero-order valence-electron chi connectivity index (χ0n) is 14.1. The molecule has 2 aliphatic carbocycles. The van der Waals surface area contributed by atoms with E-state index in [2.05, 4.69) is 26.1 Å². The Morgan fingerprint density at radius 2 is 1.91 bits per heavy atom. The smallest absolute Gasteiger partial charge is 0.308 e. The van der Waals surface area contributed by atoms with Crippen molar-refractivity contribution < 1.29 is 14.3 Å². The minimum absolute atomic E-state index is 0.0246. The predicted octanol–water partition coefficient (Wildman–Crippen LogP) is 3.93. The van der Waals surface area contributed by atoms with Crippen LogP contribution in [0.5, 0.6) is 5.75 Å². The van der Waals surface area contributed by atoms with Crippen LogP contribution in [-0.2, 0) is 9.59 Å². The maximum atomic E-state index is 12.7. The number of carbonyl (C=O) groups excluding carboxylic acids is 2. The molecule has 0 heterocycles. The van der Waals surface area contributed by atoms with Gasteiger partial charge in [-0.3, -0.25) is 9.59 Å². The van der Waals surface area contributed by atoms with Crippen molar-refractivity contribution in [3.8, 4) is 5.75 Å². The minimum atomic E-state index is -0.337. The average Bonchev–Trinajstić information content (AvgIpc) is 2.79. The molecule has 0 spiro atoms. The van der Waals surface area contributed by atoms with Crippen LogP contribution in [0, 0.1) is 16.7 Å². The van der Waals surface area contributed by atoms with E-state index in [4.69, 9.17) is 4.74 Å². The van der Waals surface area contributed by atoms with Gasteiger partial charge in [0.05, 0.1) is 0 Å². The first-order chi connectivity index (χ1) is 10.8. The molecule has 1 aromatic carbocycles. The topological polar surface area (TPSA) is 55.4 Å². The van der Waals surface area contributed by atoms with Crippen LogP contribution in [0.15, 0.2) is 36.0 Å². The van der Waals surface area contributed by atoms with E-state index in [0.29, 0.717) is 11.7 Å². The number of ketones is 1. The van der Waals surface area contributed by atoms with Crippen molar-refractivity contribution in [1.29, 1.82) is 0 Å². The van der Waals surface area contributed by atoms with Gasteiger partial charge in [0, 0.05) is 29.8 Å². The van der Waals surface area contributed by atoms with Gasteiger partial charge in [-0.15, -0.1) is 0 Å². The van der Waals surface area contributed by atoms with E-state index in [1.54, 1.807) is 12.1 Å². The molecule has 23 heavy (non-hydrogen) atoms. The van der Waals surface area contributed by atoms with Crippen molar-refractivity contribution in [2.45, 2.75) is 40.5 Å². The van der Waals surface area contributed by atoms with E-state index >= 15 is 0 Å². The Kier molecular flexibility index (Phi) is 3.58. The van der Waals surface area contributed by atoms with Gasteiger partial charge in [-0.05, 0) is 48.4 Å². The highest BCUT2D eigenvalue weighted by Crippen LogP contribution is 2.65. The number of hydrogen-bond donors (Lipinski definition) is 1. The first-order valence-electron chi connectivity index (χ1n) is 8.05. The standard InChI is InChI=1S/C19H23NO3/c1-12(21)23-14-7-5-13(6-8-14)20-11-15-16-9-10-19(4,17(15)22)18(16,2)3/h5-8,11,16,20H,9-10H2,1-4H3/b15-11-/t16-,19-/m0/s1. The van der Waals surface area contributed by atoms with Crippen molar-refractivity contribution in [1.82, 2.24) is 0 Å². The third kappa shape index (κ3) is 2.37. The fourth-order valence-corrected chi connectivity index (χ4v) is 4.04. The van der Waals surface area contributed by atoms with Crippen LogP contribution in [0.1, 0.15) is 40.5 Å². The molecule has 0 saturated heterocycles. The van der Waals surface area contributed by atoms with Gasteiger partial charge in [-0.25, -0.2) is 0 Å². The highest BCUT2D eigenvalue weighted by atomic mass is 16.5. The Labute approximate surface area is 136 Å². The fraction of sp³-hybridized carbons (Fsp3) is 0.474. The number of fused-ring (bicyclic) bond motifs is 2. The van der Waals surface area contributed by atoms with E-state index in [1.807, 2.05) is 18.3 Å². The summed E-state index contributed by atoms with van der Waals surface area (Å²) >= 11 is 0. The van der Waals surface area contributed by atoms with E-state index in [0.717, 1.165) is 24.1 Å². The molecule has 0 unspecified atom stereocenters. The summed E-state index contributed by atoms with van der Waals surface area (Å²) in [5, 5.41) is 3.21. The third-order valence-corrected chi connectivity index (χ3v) is 5.88. The lowest BCUT2D eigenvalue weighted by atomic mass is 9.70. The summed E-state index contributed by atoms with van der Waals surface area (Å²) in [5.74, 6) is 0.784. The molecular weight excluding hydrogens is 290 g/mol. The van der Waals surface area contributed by atoms with Crippen molar-refractivity contribution in [2.24, 2.45) is 16.7 Å². The highest BCUT2D eigenvalue weighted by molar-refractivity contribution is 6.04. The summed E-state index contributed by atoms with van der Waals surface area (Å²) in [6.45, 7) is 7.89. The molecule has 3 rings (SSSR count). The molecule has 0 amide bonds. The Bertz CT molecular complexity index is 687. The van der Waals surface area contributed by atoms with E-state index < -0.39 is 0 Å². The number of rotatable bonds is 3. The highest BCUT2D eigenvalue weighted by Gasteiger charge is 2.63. The zero-order valence-corrected chi connectivity index (χ0v) is 14.1. The molecule has 4 heteroatoms. The molecule has 2 saturated carbocycles. The lowest BCUT2D eigenvalue weighted by Crippen LogP contribution is -2.32. The molecule has 2 fully saturated rings. The van der Waals surface area contributed by atoms with E-state index in [9.17, 15) is 9.59 Å². The minimum Gasteiger partial charge on any atom is -0.427 e. The van der Waals surface area contributed by atoms with Gasteiger partial charge in [0.15, 0.2) is 5.78 Å². The summed E-state index contributed by atoms with van der Waals surface area (Å²) in [4.78, 5) is 23.6.